The maximum atomic E-state index is 10.8. The van der Waals surface area contributed by atoms with E-state index in [-0.39, 0.29) is 0 Å². The number of hydrogen-bond donors (Lipinski definition) is 3. The number of carboxylic acid groups (broad SMARTS) is 1. The molecule has 4 heteroatoms. The van der Waals surface area contributed by atoms with Gasteiger partial charge in [0.25, 0.3) is 0 Å². The lowest BCUT2D eigenvalue weighted by Crippen LogP contribution is -2.26. The van der Waals surface area contributed by atoms with Crippen molar-refractivity contribution in [3.8, 4) is 0 Å². The van der Waals surface area contributed by atoms with Crippen molar-refractivity contribution < 1.29 is 9.90 Å². The number of benzene rings is 1. The summed E-state index contributed by atoms with van der Waals surface area (Å²) in [7, 11) is 0. The van der Waals surface area contributed by atoms with Gasteiger partial charge in [-0.25, -0.2) is 0 Å². The third-order valence-corrected chi connectivity index (χ3v) is 3.37. The Morgan fingerprint density at radius 1 is 1.29 bits per heavy atom. The van der Waals surface area contributed by atoms with Crippen LogP contribution in [0.1, 0.15) is 35.9 Å². The molecule has 2 rings (SSSR count). The van der Waals surface area contributed by atoms with Gasteiger partial charge in [-0.15, -0.1) is 0 Å². The first-order valence-corrected chi connectivity index (χ1v) is 5.97. The largest absolute Gasteiger partial charge is 0.480 e. The molecular formula is C13H18N2O2. The van der Waals surface area contributed by atoms with Crippen molar-refractivity contribution in [3.63, 3.8) is 0 Å². The van der Waals surface area contributed by atoms with Crippen LogP contribution in [0.5, 0.6) is 0 Å². The minimum Gasteiger partial charge on any atom is -0.480 e. The number of carboxylic acids is 1. The van der Waals surface area contributed by atoms with Crippen LogP contribution in [0.15, 0.2) is 24.3 Å². The molecule has 1 aliphatic heterocycles. The minimum atomic E-state index is -0.986. The van der Waals surface area contributed by atoms with Crippen molar-refractivity contribution in [2.75, 3.05) is 13.1 Å². The van der Waals surface area contributed by atoms with Crippen LogP contribution in [0.3, 0.4) is 0 Å². The Morgan fingerprint density at radius 3 is 2.41 bits per heavy atom. The topological polar surface area (TPSA) is 75.4 Å². The summed E-state index contributed by atoms with van der Waals surface area (Å²) in [5.41, 5.74) is 7.50. The van der Waals surface area contributed by atoms with Crippen LogP contribution in [0.25, 0.3) is 0 Å². The lowest BCUT2D eigenvalue weighted by molar-refractivity contribution is -0.138. The van der Waals surface area contributed by atoms with Crippen LogP contribution in [0.2, 0.25) is 0 Å². The summed E-state index contributed by atoms with van der Waals surface area (Å²) < 4.78 is 0. The van der Waals surface area contributed by atoms with Crippen LogP contribution < -0.4 is 11.1 Å². The first-order chi connectivity index (χ1) is 8.18. The fourth-order valence-electron chi connectivity index (χ4n) is 2.27. The third-order valence-electron chi connectivity index (χ3n) is 3.37. The van der Waals surface area contributed by atoms with E-state index in [2.05, 4.69) is 5.32 Å². The van der Waals surface area contributed by atoms with Crippen molar-refractivity contribution in [2.24, 2.45) is 5.73 Å². The van der Waals surface area contributed by atoms with E-state index in [1.165, 1.54) is 5.56 Å². The zero-order chi connectivity index (χ0) is 12.3. The average Bonchev–Trinajstić information content (AvgIpc) is 2.39. The van der Waals surface area contributed by atoms with Crippen LogP contribution in [-0.2, 0) is 4.79 Å². The number of hydrogen-bond acceptors (Lipinski definition) is 3. The molecule has 4 N–H and O–H groups in total. The Labute approximate surface area is 101 Å². The molecule has 0 aromatic heterocycles. The molecule has 92 valence electrons. The quantitative estimate of drug-likeness (QED) is 0.735. The van der Waals surface area contributed by atoms with Gasteiger partial charge in [0.15, 0.2) is 0 Å². The highest BCUT2D eigenvalue weighted by molar-refractivity contribution is 5.75. The highest BCUT2D eigenvalue weighted by Gasteiger charge is 2.17. The zero-order valence-electron chi connectivity index (χ0n) is 9.73. The second-order valence-corrected chi connectivity index (χ2v) is 4.51. The highest BCUT2D eigenvalue weighted by Crippen LogP contribution is 2.26. The van der Waals surface area contributed by atoms with Gasteiger partial charge in [0.2, 0.25) is 0 Å². The van der Waals surface area contributed by atoms with E-state index in [9.17, 15) is 4.79 Å². The van der Waals surface area contributed by atoms with Gasteiger partial charge in [-0.05, 0) is 43.0 Å². The Morgan fingerprint density at radius 2 is 1.88 bits per heavy atom. The van der Waals surface area contributed by atoms with Gasteiger partial charge in [0.1, 0.15) is 6.04 Å². The van der Waals surface area contributed by atoms with Crippen LogP contribution in [0, 0.1) is 0 Å². The molecule has 0 spiro atoms. The molecule has 0 radical (unpaired) electrons. The predicted molar refractivity (Wildman–Crippen MR) is 65.9 cm³/mol. The molecular weight excluding hydrogens is 216 g/mol. The summed E-state index contributed by atoms with van der Waals surface area (Å²) in [6.07, 6.45) is 2.29. The van der Waals surface area contributed by atoms with E-state index in [1.807, 2.05) is 24.3 Å². The highest BCUT2D eigenvalue weighted by atomic mass is 16.4. The number of rotatable bonds is 3. The first kappa shape index (κ1) is 12.1. The van der Waals surface area contributed by atoms with E-state index in [1.54, 1.807) is 0 Å². The van der Waals surface area contributed by atoms with Gasteiger partial charge in [-0.1, -0.05) is 24.3 Å². The Hall–Kier alpha value is -1.39. The maximum Gasteiger partial charge on any atom is 0.325 e. The van der Waals surface area contributed by atoms with E-state index in [4.69, 9.17) is 10.8 Å². The fourth-order valence-corrected chi connectivity index (χ4v) is 2.27. The molecule has 1 aliphatic rings. The second-order valence-electron chi connectivity index (χ2n) is 4.51. The molecule has 0 saturated carbocycles. The molecule has 1 unspecified atom stereocenters. The lowest BCUT2D eigenvalue weighted by atomic mass is 9.89. The van der Waals surface area contributed by atoms with Crippen molar-refractivity contribution in [2.45, 2.75) is 24.8 Å². The van der Waals surface area contributed by atoms with Crippen LogP contribution in [0.4, 0.5) is 0 Å². The van der Waals surface area contributed by atoms with E-state index >= 15 is 0 Å². The Bertz CT molecular complexity index is 383. The molecule has 1 aromatic rings. The van der Waals surface area contributed by atoms with E-state index < -0.39 is 12.0 Å². The fraction of sp³-hybridized carbons (Fsp3) is 0.462. The van der Waals surface area contributed by atoms with Crippen LogP contribution in [-0.4, -0.2) is 24.2 Å². The Balaban J connectivity index is 2.09. The summed E-state index contributed by atoms with van der Waals surface area (Å²) in [5.74, 6) is -0.397. The molecule has 4 nitrogen and oxygen atoms in total. The van der Waals surface area contributed by atoms with Gasteiger partial charge < -0.3 is 16.2 Å². The molecule has 1 saturated heterocycles. The number of nitrogens with two attached hydrogens (primary N) is 1. The normalized spacial score (nSPS) is 18.9. The summed E-state index contributed by atoms with van der Waals surface area (Å²) in [6, 6.07) is 6.76. The Kier molecular flexibility index (Phi) is 3.76. The van der Waals surface area contributed by atoms with Gasteiger partial charge >= 0.3 is 5.97 Å². The van der Waals surface area contributed by atoms with Crippen molar-refractivity contribution in [1.82, 2.24) is 5.32 Å². The molecule has 0 amide bonds. The minimum absolute atomic E-state index is 0.589. The third kappa shape index (κ3) is 2.84. The average molecular weight is 234 g/mol. The number of nitrogens with one attached hydrogen (secondary N) is 1. The van der Waals surface area contributed by atoms with Crippen molar-refractivity contribution in [1.29, 1.82) is 0 Å². The van der Waals surface area contributed by atoms with Gasteiger partial charge in [-0.2, -0.15) is 0 Å². The van der Waals surface area contributed by atoms with Crippen LogP contribution >= 0.6 is 0 Å². The summed E-state index contributed by atoms with van der Waals surface area (Å²) in [6.45, 7) is 2.11. The van der Waals surface area contributed by atoms with E-state index in [0.29, 0.717) is 11.5 Å². The van der Waals surface area contributed by atoms with Gasteiger partial charge in [-0.3, -0.25) is 4.79 Å². The monoisotopic (exact) mass is 234 g/mol. The number of aliphatic carboxylic acids is 1. The molecule has 0 bridgehead atoms. The molecule has 1 fully saturated rings. The van der Waals surface area contributed by atoms with Crippen molar-refractivity contribution >= 4 is 5.97 Å². The maximum absolute atomic E-state index is 10.8. The second kappa shape index (κ2) is 5.29. The first-order valence-electron chi connectivity index (χ1n) is 5.97. The predicted octanol–water partition coefficient (Wildman–Crippen LogP) is 1.24. The number of carbonyl (C=O) groups is 1. The smallest absolute Gasteiger partial charge is 0.325 e. The molecule has 17 heavy (non-hydrogen) atoms. The molecule has 1 heterocycles. The molecule has 1 aromatic carbocycles. The number of piperidine rings is 1. The SMILES string of the molecule is NC(C(=O)O)c1ccc(C2CCNCC2)cc1. The van der Waals surface area contributed by atoms with Gasteiger partial charge in [0.05, 0.1) is 0 Å². The van der Waals surface area contributed by atoms with E-state index in [0.717, 1.165) is 25.9 Å². The summed E-state index contributed by atoms with van der Waals surface area (Å²) >= 11 is 0. The molecule has 0 aliphatic carbocycles. The lowest BCUT2D eigenvalue weighted by Gasteiger charge is -2.23. The molecule has 1 atom stereocenters. The summed E-state index contributed by atoms with van der Waals surface area (Å²) in [5, 5.41) is 12.2. The standard InChI is InChI=1S/C13H18N2O2/c14-12(13(16)17)11-3-1-9(2-4-11)10-5-7-15-8-6-10/h1-4,10,12,15H,5-8,14H2,(H,16,17). The zero-order valence-corrected chi connectivity index (χ0v) is 9.73. The summed E-state index contributed by atoms with van der Waals surface area (Å²) in [4.78, 5) is 10.8. The van der Waals surface area contributed by atoms with Gasteiger partial charge in [0, 0.05) is 0 Å². The van der Waals surface area contributed by atoms with Crippen molar-refractivity contribution in [3.05, 3.63) is 35.4 Å².